The number of guanidine groups is 1. The summed E-state index contributed by atoms with van der Waals surface area (Å²) in [5, 5.41) is 6.61. The zero-order valence-electron chi connectivity index (χ0n) is 14.7. The van der Waals surface area contributed by atoms with Gasteiger partial charge in [0.05, 0.1) is 19.8 Å². The van der Waals surface area contributed by atoms with E-state index in [1.165, 1.54) is 6.42 Å². The second kappa shape index (κ2) is 11.7. The smallest absolute Gasteiger partial charge is 0.191 e. The van der Waals surface area contributed by atoms with E-state index in [0.29, 0.717) is 6.61 Å². The maximum atomic E-state index is 5.65. The molecule has 6 heteroatoms. The molecule has 0 saturated carbocycles. The fourth-order valence-corrected chi connectivity index (χ4v) is 2.57. The summed E-state index contributed by atoms with van der Waals surface area (Å²) in [6, 6.07) is 9.85. The first-order chi connectivity index (χ1) is 11.9. The van der Waals surface area contributed by atoms with Crippen LogP contribution in [0.5, 0.6) is 5.75 Å². The number of morpholine rings is 1. The van der Waals surface area contributed by atoms with Gasteiger partial charge in [0, 0.05) is 26.7 Å². The monoisotopic (exact) mass is 334 g/mol. The maximum Gasteiger partial charge on any atom is 0.191 e. The molecule has 0 bridgehead atoms. The summed E-state index contributed by atoms with van der Waals surface area (Å²) in [6.45, 7) is 7.31. The molecule has 1 aromatic rings. The molecule has 1 fully saturated rings. The summed E-state index contributed by atoms with van der Waals surface area (Å²) < 4.78 is 11.0. The van der Waals surface area contributed by atoms with Crippen LogP contribution in [0.3, 0.4) is 0 Å². The highest BCUT2D eigenvalue weighted by molar-refractivity contribution is 5.79. The molecule has 2 N–H and O–H groups in total. The molecule has 1 aromatic carbocycles. The van der Waals surface area contributed by atoms with Gasteiger partial charge in [-0.25, -0.2) is 0 Å². The lowest BCUT2D eigenvalue weighted by atomic mass is 10.3. The molecule has 1 heterocycles. The number of hydrogen-bond donors (Lipinski definition) is 2. The van der Waals surface area contributed by atoms with Crippen LogP contribution in [-0.2, 0) is 4.74 Å². The van der Waals surface area contributed by atoms with Gasteiger partial charge >= 0.3 is 0 Å². The third kappa shape index (κ3) is 7.66. The Balaban J connectivity index is 1.47. The van der Waals surface area contributed by atoms with Gasteiger partial charge < -0.3 is 20.1 Å². The van der Waals surface area contributed by atoms with E-state index in [1.807, 2.05) is 30.3 Å². The molecule has 24 heavy (non-hydrogen) atoms. The zero-order valence-corrected chi connectivity index (χ0v) is 14.7. The number of hydrogen-bond acceptors (Lipinski definition) is 4. The quantitative estimate of drug-likeness (QED) is 0.405. The minimum Gasteiger partial charge on any atom is -0.492 e. The van der Waals surface area contributed by atoms with Crippen LogP contribution in [0.15, 0.2) is 35.3 Å². The van der Waals surface area contributed by atoms with Gasteiger partial charge in [-0.1, -0.05) is 18.2 Å². The average Bonchev–Trinajstić information content (AvgIpc) is 2.65. The highest BCUT2D eigenvalue weighted by atomic mass is 16.5. The van der Waals surface area contributed by atoms with Crippen molar-refractivity contribution in [1.29, 1.82) is 0 Å². The molecule has 0 amide bonds. The molecule has 0 spiro atoms. The molecule has 0 unspecified atom stereocenters. The van der Waals surface area contributed by atoms with Crippen molar-refractivity contribution in [3.8, 4) is 5.75 Å². The van der Waals surface area contributed by atoms with Crippen molar-refractivity contribution in [2.45, 2.75) is 12.8 Å². The summed E-state index contributed by atoms with van der Waals surface area (Å²) in [4.78, 5) is 6.70. The number of aliphatic imine (C=N–C) groups is 1. The molecule has 0 radical (unpaired) electrons. The molecule has 2 rings (SSSR count). The first-order valence-corrected chi connectivity index (χ1v) is 8.81. The normalized spacial score (nSPS) is 16.0. The Morgan fingerprint density at radius 3 is 2.62 bits per heavy atom. The van der Waals surface area contributed by atoms with E-state index in [0.717, 1.165) is 64.1 Å². The molecular weight excluding hydrogens is 304 g/mol. The Morgan fingerprint density at radius 2 is 1.88 bits per heavy atom. The van der Waals surface area contributed by atoms with Crippen LogP contribution in [0.25, 0.3) is 0 Å². The largest absolute Gasteiger partial charge is 0.492 e. The van der Waals surface area contributed by atoms with E-state index in [1.54, 1.807) is 7.05 Å². The molecule has 6 nitrogen and oxygen atoms in total. The van der Waals surface area contributed by atoms with E-state index in [9.17, 15) is 0 Å². The van der Waals surface area contributed by atoms with E-state index in [4.69, 9.17) is 9.47 Å². The maximum absolute atomic E-state index is 5.65. The van der Waals surface area contributed by atoms with Crippen molar-refractivity contribution < 1.29 is 9.47 Å². The van der Waals surface area contributed by atoms with Crippen LogP contribution in [-0.4, -0.2) is 70.5 Å². The van der Waals surface area contributed by atoms with E-state index in [-0.39, 0.29) is 0 Å². The Bertz CT molecular complexity index is 461. The standard InChI is InChI=1S/C18H30N4O2/c1-19-18(21-10-14-24-17-7-3-2-4-8-17)20-9-5-6-11-22-12-15-23-16-13-22/h2-4,7-8H,5-6,9-16H2,1H3,(H2,19,20,21). The lowest BCUT2D eigenvalue weighted by Gasteiger charge is -2.26. The van der Waals surface area contributed by atoms with Crippen LogP contribution in [0.4, 0.5) is 0 Å². The lowest BCUT2D eigenvalue weighted by molar-refractivity contribution is 0.0372. The molecule has 134 valence electrons. The second-order valence-electron chi connectivity index (χ2n) is 5.75. The molecule has 1 aliphatic heterocycles. The minimum absolute atomic E-state index is 0.613. The number of nitrogens with one attached hydrogen (secondary N) is 2. The van der Waals surface area contributed by atoms with Gasteiger partial charge in [-0.3, -0.25) is 9.89 Å². The number of para-hydroxylation sites is 1. The van der Waals surface area contributed by atoms with Crippen LogP contribution < -0.4 is 15.4 Å². The van der Waals surface area contributed by atoms with Gasteiger partial charge in [0.15, 0.2) is 5.96 Å². The zero-order chi connectivity index (χ0) is 16.9. The van der Waals surface area contributed by atoms with Crippen LogP contribution in [0, 0.1) is 0 Å². The number of benzene rings is 1. The van der Waals surface area contributed by atoms with Crippen molar-refractivity contribution in [3.63, 3.8) is 0 Å². The Morgan fingerprint density at radius 1 is 1.12 bits per heavy atom. The Hall–Kier alpha value is -1.79. The first-order valence-electron chi connectivity index (χ1n) is 8.81. The fraction of sp³-hybridized carbons (Fsp3) is 0.611. The Kier molecular flexibility index (Phi) is 9.04. The van der Waals surface area contributed by atoms with Gasteiger partial charge in [-0.15, -0.1) is 0 Å². The van der Waals surface area contributed by atoms with Gasteiger partial charge in [-0.2, -0.15) is 0 Å². The number of ether oxygens (including phenoxy) is 2. The van der Waals surface area contributed by atoms with E-state index in [2.05, 4.69) is 20.5 Å². The van der Waals surface area contributed by atoms with Gasteiger partial charge in [-0.05, 0) is 31.5 Å². The Labute approximate surface area is 145 Å². The van der Waals surface area contributed by atoms with Crippen molar-refractivity contribution in [2.24, 2.45) is 4.99 Å². The summed E-state index contributed by atoms with van der Waals surface area (Å²) >= 11 is 0. The third-order valence-corrected chi connectivity index (χ3v) is 3.93. The van der Waals surface area contributed by atoms with Gasteiger partial charge in [0.2, 0.25) is 0 Å². The SMILES string of the molecule is CN=C(NCCCCN1CCOCC1)NCCOc1ccccc1. The topological polar surface area (TPSA) is 58.1 Å². The number of nitrogens with zero attached hydrogens (tertiary/aromatic N) is 2. The highest BCUT2D eigenvalue weighted by Gasteiger charge is 2.08. The van der Waals surface area contributed by atoms with Crippen molar-refractivity contribution in [2.75, 3.05) is 59.6 Å². The third-order valence-electron chi connectivity index (χ3n) is 3.93. The summed E-state index contributed by atoms with van der Waals surface area (Å²) in [6.07, 6.45) is 2.33. The van der Waals surface area contributed by atoms with Crippen molar-refractivity contribution in [1.82, 2.24) is 15.5 Å². The first kappa shape index (κ1) is 18.5. The van der Waals surface area contributed by atoms with Gasteiger partial charge in [0.25, 0.3) is 0 Å². The predicted molar refractivity (Wildman–Crippen MR) is 97.8 cm³/mol. The molecule has 0 aromatic heterocycles. The lowest BCUT2D eigenvalue weighted by Crippen LogP contribution is -2.40. The minimum atomic E-state index is 0.613. The molecule has 1 saturated heterocycles. The van der Waals surface area contributed by atoms with Crippen LogP contribution in [0.1, 0.15) is 12.8 Å². The molecule has 0 atom stereocenters. The highest BCUT2D eigenvalue weighted by Crippen LogP contribution is 2.07. The van der Waals surface area contributed by atoms with E-state index >= 15 is 0 Å². The number of unbranched alkanes of at least 4 members (excludes halogenated alkanes) is 1. The van der Waals surface area contributed by atoms with Crippen LogP contribution >= 0.6 is 0 Å². The molecular formula is C18H30N4O2. The van der Waals surface area contributed by atoms with E-state index < -0.39 is 0 Å². The van der Waals surface area contributed by atoms with Crippen molar-refractivity contribution in [3.05, 3.63) is 30.3 Å². The summed E-state index contributed by atoms with van der Waals surface area (Å²) in [5.41, 5.74) is 0. The fourth-order valence-electron chi connectivity index (χ4n) is 2.57. The average molecular weight is 334 g/mol. The van der Waals surface area contributed by atoms with Crippen LogP contribution in [0.2, 0.25) is 0 Å². The molecule has 0 aliphatic carbocycles. The van der Waals surface area contributed by atoms with Gasteiger partial charge in [0.1, 0.15) is 12.4 Å². The summed E-state index contributed by atoms with van der Waals surface area (Å²) in [7, 11) is 1.79. The van der Waals surface area contributed by atoms with Crippen molar-refractivity contribution >= 4 is 5.96 Å². The predicted octanol–water partition coefficient (Wildman–Crippen LogP) is 1.34. The summed E-state index contributed by atoms with van der Waals surface area (Å²) in [5.74, 6) is 1.73. The molecule has 1 aliphatic rings. The second-order valence-corrected chi connectivity index (χ2v) is 5.75. The number of rotatable bonds is 9.